The van der Waals surface area contributed by atoms with Crippen LogP contribution in [0.5, 0.6) is 0 Å². The van der Waals surface area contributed by atoms with Crippen molar-refractivity contribution in [1.29, 1.82) is 0 Å². The molecule has 0 saturated heterocycles. The molecule has 1 amide bonds. The zero-order valence-electron chi connectivity index (χ0n) is 11.5. The van der Waals surface area contributed by atoms with E-state index in [-0.39, 0.29) is 11.4 Å². The van der Waals surface area contributed by atoms with Crippen molar-refractivity contribution < 1.29 is 4.79 Å². The molecule has 0 radical (unpaired) electrons. The first-order chi connectivity index (χ1) is 8.79. The van der Waals surface area contributed by atoms with Crippen LogP contribution in [0.15, 0.2) is 24.4 Å². The summed E-state index contributed by atoms with van der Waals surface area (Å²) in [7, 11) is 0. The average Bonchev–Trinajstić information content (AvgIpc) is 2.28. The lowest BCUT2D eigenvalue weighted by Gasteiger charge is -2.21. The van der Waals surface area contributed by atoms with Crippen LogP contribution in [-0.2, 0) is 0 Å². The highest BCUT2D eigenvalue weighted by Crippen LogP contribution is 2.27. The predicted molar refractivity (Wildman–Crippen MR) is 78.7 cm³/mol. The van der Waals surface area contributed by atoms with Crippen LogP contribution in [0.2, 0.25) is 5.15 Å². The number of halogens is 1. The largest absolute Gasteiger partial charge is 0.347 e. The zero-order valence-corrected chi connectivity index (χ0v) is 12.3. The molecular formula is C15H17ClN2O. The molecule has 1 aromatic carbocycles. The Morgan fingerprint density at radius 3 is 2.63 bits per heavy atom. The molecule has 0 aliphatic carbocycles. The number of carbonyl (C=O) groups is 1. The SMILES string of the molecule is Cc1cccc2c(Cl)ncc(C(=O)NC(C)(C)C)c12. The third-order valence-corrected chi connectivity index (χ3v) is 3.11. The Morgan fingerprint density at radius 1 is 1.32 bits per heavy atom. The zero-order chi connectivity index (χ0) is 14.2. The van der Waals surface area contributed by atoms with E-state index < -0.39 is 0 Å². The quantitative estimate of drug-likeness (QED) is 0.807. The van der Waals surface area contributed by atoms with Crippen LogP contribution in [0.4, 0.5) is 0 Å². The van der Waals surface area contributed by atoms with Gasteiger partial charge in [-0.05, 0) is 33.3 Å². The fraction of sp³-hybridized carbons (Fsp3) is 0.333. The number of pyridine rings is 1. The van der Waals surface area contributed by atoms with Gasteiger partial charge in [0.15, 0.2) is 0 Å². The van der Waals surface area contributed by atoms with E-state index in [1.54, 1.807) is 6.20 Å². The Kier molecular flexibility index (Phi) is 3.50. The van der Waals surface area contributed by atoms with Crippen LogP contribution in [-0.4, -0.2) is 16.4 Å². The number of nitrogens with one attached hydrogen (secondary N) is 1. The molecule has 3 nitrogen and oxygen atoms in total. The summed E-state index contributed by atoms with van der Waals surface area (Å²) < 4.78 is 0. The van der Waals surface area contributed by atoms with Gasteiger partial charge in [-0.15, -0.1) is 0 Å². The van der Waals surface area contributed by atoms with Crippen molar-refractivity contribution in [2.75, 3.05) is 0 Å². The molecule has 0 unspecified atom stereocenters. The lowest BCUT2D eigenvalue weighted by atomic mass is 10.0. The molecule has 1 aromatic heterocycles. The van der Waals surface area contributed by atoms with Crippen molar-refractivity contribution in [3.05, 3.63) is 40.7 Å². The number of carbonyl (C=O) groups excluding carboxylic acids is 1. The van der Waals surface area contributed by atoms with E-state index in [0.29, 0.717) is 10.7 Å². The van der Waals surface area contributed by atoms with Crippen molar-refractivity contribution in [2.45, 2.75) is 33.2 Å². The number of aryl methyl sites for hydroxylation is 1. The molecule has 2 rings (SSSR count). The second kappa shape index (κ2) is 4.82. The van der Waals surface area contributed by atoms with Gasteiger partial charge in [0.05, 0.1) is 5.56 Å². The summed E-state index contributed by atoms with van der Waals surface area (Å²) in [5.41, 5.74) is 1.29. The summed E-state index contributed by atoms with van der Waals surface area (Å²) in [6, 6.07) is 5.76. The van der Waals surface area contributed by atoms with Crippen molar-refractivity contribution in [2.24, 2.45) is 0 Å². The van der Waals surface area contributed by atoms with Crippen molar-refractivity contribution in [1.82, 2.24) is 10.3 Å². The number of rotatable bonds is 1. The molecule has 19 heavy (non-hydrogen) atoms. The van der Waals surface area contributed by atoms with Crippen LogP contribution in [0, 0.1) is 6.92 Å². The lowest BCUT2D eigenvalue weighted by molar-refractivity contribution is 0.0921. The van der Waals surface area contributed by atoms with Gasteiger partial charge in [-0.2, -0.15) is 0 Å². The Labute approximate surface area is 118 Å². The van der Waals surface area contributed by atoms with E-state index >= 15 is 0 Å². The molecular weight excluding hydrogens is 260 g/mol. The van der Waals surface area contributed by atoms with Crippen molar-refractivity contribution in [3.63, 3.8) is 0 Å². The summed E-state index contributed by atoms with van der Waals surface area (Å²) in [5, 5.41) is 5.05. The van der Waals surface area contributed by atoms with E-state index in [9.17, 15) is 4.79 Å². The van der Waals surface area contributed by atoms with Gasteiger partial charge < -0.3 is 5.32 Å². The van der Waals surface area contributed by atoms with Crippen molar-refractivity contribution in [3.8, 4) is 0 Å². The number of hydrogen-bond acceptors (Lipinski definition) is 2. The molecule has 1 heterocycles. The third-order valence-electron chi connectivity index (χ3n) is 2.80. The fourth-order valence-electron chi connectivity index (χ4n) is 2.03. The van der Waals surface area contributed by atoms with E-state index in [0.717, 1.165) is 16.3 Å². The summed E-state index contributed by atoms with van der Waals surface area (Å²) in [4.78, 5) is 16.4. The Hall–Kier alpha value is -1.61. The van der Waals surface area contributed by atoms with Crippen LogP contribution in [0.25, 0.3) is 10.8 Å². The minimum Gasteiger partial charge on any atom is -0.347 e. The third kappa shape index (κ3) is 2.87. The maximum absolute atomic E-state index is 12.3. The van der Waals surface area contributed by atoms with Crippen LogP contribution < -0.4 is 5.32 Å². The van der Waals surface area contributed by atoms with Gasteiger partial charge in [0.1, 0.15) is 5.15 Å². The summed E-state index contributed by atoms with van der Waals surface area (Å²) in [6.45, 7) is 7.81. The summed E-state index contributed by atoms with van der Waals surface area (Å²) in [6.07, 6.45) is 1.54. The molecule has 2 aromatic rings. The van der Waals surface area contributed by atoms with Crippen LogP contribution in [0.3, 0.4) is 0 Å². The van der Waals surface area contributed by atoms with E-state index in [1.165, 1.54) is 0 Å². The normalized spacial score (nSPS) is 11.6. The highest BCUT2D eigenvalue weighted by molar-refractivity contribution is 6.35. The first-order valence-corrected chi connectivity index (χ1v) is 6.54. The molecule has 1 N–H and O–H groups in total. The molecule has 100 valence electrons. The Morgan fingerprint density at radius 2 is 2.00 bits per heavy atom. The predicted octanol–water partition coefficient (Wildman–Crippen LogP) is 3.72. The number of amides is 1. The number of nitrogens with zero attached hydrogens (tertiary/aromatic N) is 1. The molecule has 0 bridgehead atoms. The minimum atomic E-state index is -0.286. The Balaban J connectivity index is 2.62. The summed E-state index contributed by atoms with van der Waals surface area (Å²) >= 11 is 6.10. The Bertz CT molecular complexity index is 644. The van der Waals surface area contributed by atoms with Gasteiger partial charge in [0.2, 0.25) is 0 Å². The van der Waals surface area contributed by atoms with Gasteiger partial charge in [-0.3, -0.25) is 4.79 Å². The summed E-state index contributed by atoms with van der Waals surface area (Å²) in [5.74, 6) is -0.129. The highest BCUT2D eigenvalue weighted by atomic mass is 35.5. The first-order valence-electron chi connectivity index (χ1n) is 6.16. The van der Waals surface area contributed by atoms with E-state index in [1.807, 2.05) is 45.9 Å². The maximum Gasteiger partial charge on any atom is 0.253 e. The minimum absolute atomic E-state index is 0.129. The van der Waals surface area contributed by atoms with Gasteiger partial charge in [0, 0.05) is 22.5 Å². The molecule has 0 aliphatic rings. The monoisotopic (exact) mass is 276 g/mol. The maximum atomic E-state index is 12.3. The molecule has 4 heteroatoms. The molecule has 0 spiro atoms. The standard InChI is InChI=1S/C15H17ClN2O/c1-9-6-5-7-10-12(9)11(8-17-13(10)16)14(19)18-15(2,3)4/h5-8H,1-4H3,(H,18,19). The van der Waals surface area contributed by atoms with E-state index in [4.69, 9.17) is 11.6 Å². The first kappa shape index (κ1) is 13.8. The van der Waals surface area contributed by atoms with Gasteiger partial charge in [0.25, 0.3) is 5.91 Å². The topological polar surface area (TPSA) is 42.0 Å². The van der Waals surface area contributed by atoms with Crippen LogP contribution >= 0.6 is 11.6 Å². The fourth-order valence-corrected chi connectivity index (χ4v) is 2.24. The number of hydrogen-bond donors (Lipinski definition) is 1. The second-order valence-electron chi connectivity index (χ2n) is 5.66. The van der Waals surface area contributed by atoms with Gasteiger partial charge in [-0.1, -0.05) is 29.8 Å². The number of fused-ring (bicyclic) bond motifs is 1. The molecule has 0 fully saturated rings. The number of aromatic nitrogens is 1. The molecule has 0 atom stereocenters. The molecule has 0 saturated carbocycles. The smallest absolute Gasteiger partial charge is 0.253 e. The average molecular weight is 277 g/mol. The molecule has 0 aliphatic heterocycles. The van der Waals surface area contributed by atoms with Crippen LogP contribution in [0.1, 0.15) is 36.7 Å². The van der Waals surface area contributed by atoms with Gasteiger partial charge in [-0.25, -0.2) is 4.98 Å². The highest BCUT2D eigenvalue weighted by Gasteiger charge is 2.19. The van der Waals surface area contributed by atoms with Crippen molar-refractivity contribution >= 4 is 28.3 Å². The number of benzene rings is 1. The lowest BCUT2D eigenvalue weighted by Crippen LogP contribution is -2.40. The van der Waals surface area contributed by atoms with Gasteiger partial charge >= 0.3 is 0 Å². The second-order valence-corrected chi connectivity index (χ2v) is 6.02. The van der Waals surface area contributed by atoms with E-state index in [2.05, 4.69) is 10.3 Å².